The fourth-order valence-corrected chi connectivity index (χ4v) is 2.40. The quantitative estimate of drug-likeness (QED) is 0.631. The first-order valence-electron chi connectivity index (χ1n) is 7.07. The summed E-state index contributed by atoms with van der Waals surface area (Å²) in [6, 6.07) is -0.103. The second-order valence-corrected chi connectivity index (χ2v) is 5.22. The molecule has 1 unspecified atom stereocenters. The van der Waals surface area contributed by atoms with Gasteiger partial charge in [0.15, 0.2) is 0 Å². The third-order valence-corrected chi connectivity index (χ3v) is 3.61. The minimum atomic E-state index is -0.103. The van der Waals surface area contributed by atoms with E-state index in [9.17, 15) is 4.79 Å². The van der Waals surface area contributed by atoms with Gasteiger partial charge < -0.3 is 10.1 Å². The zero-order valence-electron chi connectivity index (χ0n) is 11.6. The van der Waals surface area contributed by atoms with Crippen LogP contribution in [-0.4, -0.2) is 25.2 Å². The largest absolute Gasteiger partial charge is 0.465 e. The number of rotatable bonds is 9. The van der Waals surface area contributed by atoms with Crippen LogP contribution in [-0.2, 0) is 9.53 Å². The first-order valence-corrected chi connectivity index (χ1v) is 7.07. The van der Waals surface area contributed by atoms with Crippen LogP contribution in [0.5, 0.6) is 0 Å². The molecular weight excluding hydrogens is 214 g/mol. The molecule has 1 N–H and O–H groups in total. The normalized spacial score (nSPS) is 18.8. The van der Waals surface area contributed by atoms with Crippen molar-refractivity contribution in [2.45, 2.75) is 65.3 Å². The van der Waals surface area contributed by atoms with Gasteiger partial charge in [-0.2, -0.15) is 0 Å². The van der Waals surface area contributed by atoms with E-state index >= 15 is 0 Å². The lowest BCUT2D eigenvalue weighted by molar-refractivity contribution is -0.145. The molecule has 1 atom stereocenters. The molecule has 100 valence electrons. The van der Waals surface area contributed by atoms with Crippen molar-refractivity contribution in [1.29, 1.82) is 0 Å². The van der Waals surface area contributed by atoms with E-state index in [1.807, 2.05) is 6.92 Å². The highest BCUT2D eigenvalue weighted by Crippen LogP contribution is 2.49. The topological polar surface area (TPSA) is 38.3 Å². The predicted molar refractivity (Wildman–Crippen MR) is 69.9 cm³/mol. The van der Waals surface area contributed by atoms with Gasteiger partial charge in [0.05, 0.1) is 6.61 Å². The number of hydrogen-bond acceptors (Lipinski definition) is 3. The molecule has 17 heavy (non-hydrogen) atoms. The highest BCUT2D eigenvalue weighted by atomic mass is 16.5. The van der Waals surface area contributed by atoms with Crippen molar-refractivity contribution in [3.05, 3.63) is 0 Å². The summed E-state index contributed by atoms with van der Waals surface area (Å²) in [5.41, 5.74) is 0.493. The molecule has 0 aliphatic heterocycles. The van der Waals surface area contributed by atoms with Gasteiger partial charge in [-0.15, -0.1) is 0 Å². The first kappa shape index (κ1) is 14.5. The number of nitrogens with one attached hydrogen (secondary N) is 1. The average molecular weight is 241 g/mol. The highest BCUT2D eigenvalue weighted by Gasteiger charge is 2.41. The minimum absolute atomic E-state index is 0.0818. The van der Waals surface area contributed by atoms with E-state index in [2.05, 4.69) is 19.2 Å². The van der Waals surface area contributed by atoms with Crippen LogP contribution >= 0.6 is 0 Å². The Bertz CT molecular complexity index is 236. The van der Waals surface area contributed by atoms with Gasteiger partial charge in [-0.05, 0) is 38.0 Å². The summed E-state index contributed by atoms with van der Waals surface area (Å²) in [5.74, 6) is -0.0818. The van der Waals surface area contributed by atoms with Crippen LogP contribution in [0.1, 0.15) is 59.3 Å². The third-order valence-electron chi connectivity index (χ3n) is 3.61. The molecule has 3 nitrogen and oxygen atoms in total. The summed E-state index contributed by atoms with van der Waals surface area (Å²) in [7, 11) is 0. The summed E-state index contributed by atoms with van der Waals surface area (Å²) in [6.45, 7) is 7.65. The predicted octanol–water partition coefficient (Wildman–Crippen LogP) is 2.89. The summed E-state index contributed by atoms with van der Waals surface area (Å²) in [6.07, 6.45) is 7.03. The molecule has 1 aliphatic carbocycles. The Morgan fingerprint density at radius 3 is 2.47 bits per heavy atom. The summed E-state index contributed by atoms with van der Waals surface area (Å²) >= 11 is 0. The minimum Gasteiger partial charge on any atom is -0.465 e. The lowest BCUT2D eigenvalue weighted by Gasteiger charge is -2.21. The van der Waals surface area contributed by atoms with E-state index in [0.29, 0.717) is 12.0 Å². The Morgan fingerprint density at radius 2 is 2.00 bits per heavy atom. The summed E-state index contributed by atoms with van der Waals surface area (Å²) in [5, 5.41) is 3.42. The Hall–Kier alpha value is -0.570. The van der Waals surface area contributed by atoms with E-state index in [-0.39, 0.29) is 12.0 Å². The highest BCUT2D eigenvalue weighted by molar-refractivity contribution is 5.75. The SMILES string of the molecule is CCCC(NCC1(CCC)CC1)C(=O)OCC. The lowest BCUT2D eigenvalue weighted by atomic mass is 10.00. The Kier molecular flexibility index (Phi) is 5.96. The fourth-order valence-electron chi connectivity index (χ4n) is 2.40. The van der Waals surface area contributed by atoms with Crippen molar-refractivity contribution in [1.82, 2.24) is 5.32 Å². The lowest BCUT2D eigenvalue weighted by Crippen LogP contribution is -2.41. The van der Waals surface area contributed by atoms with E-state index in [4.69, 9.17) is 4.74 Å². The monoisotopic (exact) mass is 241 g/mol. The van der Waals surface area contributed by atoms with Gasteiger partial charge in [0.25, 0.3) is 0 Å². The molecule has 0 spiro atoms. The van der Waals surface area contributed by atoms with Crippen LogP contribution in [0.3, 0.4) is 0 Å². The maximum absolute atomic E-state index is 11.7. The zero-order valence-corrected chi connectivity index (χ0v) is 11.6. The molecule has 0 saturated heterocycles. The summed E-state index contributed by atoms with van der Waals surface area (Å²) in [4.78, 5) is 11.7. The van der Waals surface area contributed by atoms with E-state index in [0.717, 1.165) is 19.4 Å². The second kappa shape index (κ2) is 7.00. The molecule has 0 bridgehead atoms. The van der Waals surface area contributed by atoms with Crippen molar-refractivity contribution < 1.29 is 9.53 Å². The number of ether oxygens (including phenoxy) is 1. The van der Waals surface area contributed by atoms with E-state index in [1.54, 1.807) is 0 Å². The van der Waals surface area contributed by atoms with Crippen molar-refractivity contribution in [2.24, 2.45) is 5.41 Å². The van der Waals surface area contributed by atoms with E-state index in [1.165, 1.54) is 25.7 Å². The van der Waals surface area contributed by atoms with Gasteiger partial charge in [-0.25, -0.2) is 0 Å². The van der Waals surface area contributed by atoms with Gasteiger partial charge in [0.1, 0.15) is 6.04 Å². The van der Waals surface area contributed by atoms with E-state index < -0.39 is 0 Å². The number of carbonyl (C=O) groups excluding carboxylic acids is 1. The molecule has 1 rings (SSSR count). The molecule has 0 aromatic heterocycles. The van der Waals surface area contributed by atoms with Crippen LogP contribution in [0.15, 0.2) is 0 Å². The van der Waals surface area contributed by atoms with Crippen LogP contribution < -0.4 is 5.32 Å². The molecule has 0 heterocycles. The molecule has 1 fully saturated rings. The van der Waals surface area contributed by atoms with Crippen LogP contribution in [0.4, 0.5) is 0 Å². The molecule has 3 heteroatoms. The molecule has 0 amide bonds. The van der Waals surface area contributed by atoms with Crippen LogP contribution in [0.2, 0.25) is 0 Å². The average Bonchev–Trinajstić information content (AvgIpc) is 3.05. The molecule has 1 aliphatic rings. The molecule has 0 radical (unpaired) electrons. The number of hydrogen-bond donors (Lipinski definition) is 1. The maximum atomic E-state index is 11.7. The van der Waals surface area contributed by atoms with Crippen LogP contribution in [0.25, 0.3) is 0 Å². The fraction of sp³-hybridized carbons (Fsp3) is 0.929. The van der Waals surface area contributed by atoms with Crippen molar-refractivity contribution >= 4 is 5.97 Å². The van der Waals surface area contributed by atoms with Crippen molar-refractivity contribution in [3.8, 4) is 0 Å². The maximum Gasteiger partial charge on any atom is 0.323 e. The van der Waals surface area contributed by atoms with Gasteiger partial charge in [0.2, 0.25) is 0 Å². The first-order chi connectivity index (χ1) is 8.17. The molecule has 1 saturated carbocycles. The second-order valence-electron chi connectivity index (χ2n) is 5.22. The van der Waals surface area contributed by atoms with Crippen molar-refractivity contribution in [3.63, 3.8) is 0 Å². The molecule has 0 aromatic rings. The standard InChI is InChI=1S/C14H27NO2/c1-4-7-12(13(16)17-6-3)15-11-14(8-5-2)9-10-14/h12,15H,4-11H2,1-3H3. The van der Waals surface area contributed by atoms with Gasteiger partial charge in [0, 0.05) is 6.54 Å². The summed E-state index contributed by atoms with van der Waals surface area (Å²) < 4.78 is 5.10. The van der Waals surface area contributed by atoms with Gasteiger partial charge in [-0.3, -0.25) is 4.79 Å². The number of carbonyl (C=O) groups is 1. The Morgan fingerprint density at radius 1 is 1.29 bits per heavy atom. The van der Waals surface area contributed by atoms with Gasteiger partial charge >= 0.3 is 5.97 Å². The zero-order chi connectivity index (χ0) is 12.7. The molecular formula is C14H27NO2. The third kappa shape index (κ3) is 4.66. The Labute approximate surface area is 105 Å². The van der Waals surface area contributed by atoms with Crippen LogP contribution in [0, 0.1) is 5.41 Å². The van der Waals surface area contributed by atoms with Gasteiger partial charge in [-0.1, -0.05) is 26.7 Å². The number of esters is 1. The van der Waals surface area contributed by atoms with Crippen molar-refractivity contribution in [2.75, 3.05) is 13.2 Å². The smallest absolute Gasteiger partial charge is 0.323 e. The Balaban J connectivity index is 2.36. The molecule has 0 aromatic carbocycles.